The number of hydrogen-bond donors (Lipinski definition) is 4. The molecule has 180 valence electrons. The number of para-hydroxylation sites is 2. The molecule has 2 atom stereocenters. The fourth-order valence-electron chi connectivity index (χ4n) is 3.51. The van der Waals surface area contributed by atoms with E-state index in [0.29, 0.717) is 24.0 Å². The number of carbonyl (C=O) groups excluding carboxylic acids is 5. The first-order chi connectivity index (χ1) is 16.0. The molecule has 1 aromatic carbocycles. The Bertz CT molecular complexity index is 1130. The van der Waals surface area contributed by atoms with Gasteiger partial charge in [-0.1, -0.05) is 12.1 Å². The highest BCUT2D eigenvalue weighted by atomic mass is 16.2. The molecule has 4 N–H and O–H groups in total. The summed E-state index contributed by atoms with van der Waals surface area (Å²) < 4.78 is 0. The maximum absolute atomic E-state index is 12.8. The van der Waals surface area contributed by atoms with Gasteiger partial charge in [-0.15, -0.1) is 0 Å². The largest absolute Gasteiger partial charge is 0.356 e. The lowest BCUT2D eigenvalue weighted by Gasteiger charge is -2.23. The van der Waals surface area contributed by atoms with E-state index in [-0.39, 0.29) is 18.0 Å². The Morgan fingerprint density at radius 2 is 1.85 bits per heavy atom. The van der Waals surface area contributed by atoms with Crippen LogP contribution in [0, 0.1) is 5.92 Å². The number of amides is 4. The van der Waals surface area contributed by atoms with E-state index in [4.69, 9.17) is 0 Å². The van der Waals surface area contributed by atoms with Crippen molar-refractivity contribution < 1.29 is 24.0 Å². The Kier molecular flexibility index (Phi) is 7.54. The molecule has 0 aliphatic carbocycles. The molecular weight excluding hydrogens is 440 g/mol. The fraction of sp³-hybridized carbons (Fsp3) is 0.435. The van der Waals surface area contributed by atoms with E-state index >= 15 is 0 Å². The van der Waals surface area contributed by atoms with Gasteiger partial charge in [0.15, 0.2) is 0 Å². The summed E-state index contributed by atoms with van der Waals surface area (Å²) in [4.78, 5) is 70.5. The zero-order valence-corrected chi connectivity index (χ0v) is 19.3. The van der Waals surface area contributed by atoms with Gasteiger partial charge in [-0.2, -0.15) is 0 Å². The molecule has 0 spiro atoms. The van der Waals surface area contributed by atoms with Gasteiger partial charge in [0.2, 0.25) is 17.6 Å². The van der Waals surface area contributed by atoms with Crippen molar-refractivity contribution in [2.24, 2.45) is 5.92 Å². The second kappa shape index (κ2) is 10.4. The van der Waals surface area contributed by atoms with Gasteiger partial charge in [0.05, 0.1) is 29.8 Å². The Balaban J connectivity index is 1.63. The van der Waals surface area contributed by atoms with Gasteiger partial charge in [-0.05, 0) is 45.7 Å². The standard InChI is InChI=1S/C23H28N6O5/c1-23(2,3)29-22(34)19(31)16(10-13-8-9-24-20(13)32)28-18(30)12-26-21(33)17-11-25-14-6-4-5-7-15(14)27-17/h4-7,11,13,16H,8-10,12H2,1-3H3,(H,24,32)(H,26,33)(H,28,30)(H,29,34). The zero-order valence-electron chi connectivity index (χ0n) is 19.3. The molecule has 3 rings (SSSR count). The minimum absolute atomic E-state index is 0.0158. The summed E-state index contributed by atoms with van der Waals surface area (Å²) in [7, 11) is 0. The quantitative estimate of drug-likeness (QED) is 0.392. The Labute approximate surface area is 196 Å². The van der Waals surface area contributed by atoms with Crippen LogP contribution in [0.1, 0.15) is 44.1 Å². The highest BCUT2D eigenvalue weighted by Gasteiger charge is 2.35. The van der Waals surface area contributed by atoms with Crippen molar-refractivity contribution in [3.63, 3.8) is 0 Å². The number of fused-ring (bicyclic) bond motifs is 1. The van der Waals surface area contributed by atoms with E-state index in [1.165, 1.54) is 6.20 Å². The number of benzene rings is 1. The summed E-state index contributed by atoms with van der Waals surface area (Å²) in [5.74, 6) is -3.73. The lowest BCUT2D eigenvalue weighted by molar-refractivity contribution is -0.141. The summed E-state index contributed by atoms with van der Waals surface area (Å²) in [5, 5.41) is 10.2. The number of ketones is 1. The second-order valence-electron chi connectivity index (χ2n) is 9.13. The number of aromatic nitrogens is 2. The second-order valence-corrected chi connectivity index (χ2v) is 9.13. The van der Waals surface area contributed by atoms with Crippen molar-refractivity contribution in [1.82, 2.24) is 31.2 Å². The number of nitrogens with zero attached hydrogens (tertiary/aromatic N) is 2. The minimum Gasteiger partial charge on any atom is -0.356 e. The Morgan fingerprint density at radius 1 is 1.15 bits per heavy atom. The van der Waals surface area contributed by atoms with Crippen LogP contribution < -0.4 is 21.3 Å². The first-order valence-corrected chi connectivity index (χ1v) is 11.0. The average molecular weight is 469 g/mol. The Morgan fingerprint density at radius 3 is 2.50 bits per heavy atom. The van der Waals surface area contributed by atoms with Crippen molar-refractivity contribution in [3.8, 4) is 0 Å². The number of carbonyl (C=O) groups is 5. The lowest BCUT2D eigenvalue weighted by Crippen LogP contribution is -2.53. The zero-order chi connectivity index (χ0) is 24.9. The van der Waals surface area contributed by atoms with Crippen molar-refractivity contribution in [3.05, 3.63) is 36.2 Å². The predicted octanol–water partition coefficient (Wildman–Crippen LogP) is -0.146. The van der Waals surface area contributed by atoms with E-state index in [1.807, 2.05) is 0 Å². The molecule has 1 fully saturated rings. The van der Waals surface area contributed by atoms with Crippen LogP contribution in [0.3, 0.4) is 0 Å². The van der Waals surface area contributed by atoms with Gasteiger partial charge in [-0.3, -0.25) is 29.0 Å². The molecule has 2 aromatic rings. The number of rotatable bonds is 8. The average Bonchev–Trinajstić information content (AvgIpc) is 3.19. The summed E-state index contributed by atoms with van der Waals surface area (Å²) in [6.07, 6.45) is 1.78. The van der Waals surface area contributed by atoms with E-state index in [2.05, 4.69) is 31.2 Å². The molecule has 4 amide bonds. The minimum atomic E-state index is -1.21. The molecule has 0 radical (unpaired) electrons. The van der Waals surface area contributed by atoms with Crippen molar-refractivity contribution in [1.29, 1.82) is 0 Å². The third-order valence-corrected chi connectivity index (χ3v) is 5.14. The molecule has 2 unspecified atom stereocenters. The highest BCUT2D eigenvalue weighted by molar-refractivity contribution is 6.38. The predicted molar refractivity (Wildman–Crippen MR) is 122 cm³/mol. The maximum Gasteiger partial charge on any atom is 0.290 e. The molecule has 1 aliphatic heterocycles. The lowest BCUT2D eigenvalue weighted by atomic mass is 9.95. The number of Topliss-reactive ketones (excluding diaryl/α,β-unsaturated/α-hetero) is 1. The van der Waals surface area contributed by atoms with E-state index in [9.17, 15) is 24.0 Å². The van der Waals surface area contributed by atoms with Crippen LogP contribution in [0.2, 0.25) is 0 Å². The molecule has 2 heterocycles. The molecule has 1 aromatic heterocycles. The van der Waals surface area contributed by atoms with Crippen LogP contribution >= 0.6 is 0 Å². The molecule has 0 bridgehead atoms. The van der Waals surface area contributed by atoms with Crippen LogP contribution in [0.5, 0.6) is 0 Å². The Hall–Kier alpha value is -3.89. The van der Waals surface area contributed by atoms with Crippen molar-refractivity contribution >= 4 is 40.4 Å². The highest BCUT2D eigenvalue weighted by Crippen LogP contribution is 2.17. The van der Waals surface area contributed by atoms with Crippen LogP contribution in [0.25, 0.3) is 11.0 Å². The number of nitrogens with one attached hydrogen (secondary N) is 4. The van der Waals surface area contributed by atoms with Crippen LogP contribution in [-0.4, -0.2) is 64.1 Å². The summed E-state index contributed by atoms with van der Waals surface area (Å²) in [5.41, 5.74) is 0.542. The first-order valence-electron chi connectivity index (χ1n) is 11.0. The fourth-order valence-corrected chi connectivity index (χ4v) is 3.51. The van der Waals surface area contributed by atoms with Gasteiger partial charge in [0.25, 0.3) is 11.8 Å². The van der Waals surface area contributed by atoms with Crippen molar-refractivity contribution in [2.45, 2.75) is 45.2 Å². The molecule has 34 heavy (non-hydrogen) atoms. The van der Waals surface area contributed by atoms with Gasteiger partial charge in [0, 0.05) is 18.0 Å². The van der Waals surface area contributed by atoms with Gasteiger partial charge in [0.1, 0.15) is 5.69 Å². The molecule has 1 saturated heterocycles. The molecule has 11 heteroatoms. The van der Waals surface area contributed by atoms with E-state index in [1.54, 1.807) is 45.0 Å². The summed E-state index contributed by atoms with van der Waals surface area (Å²) >= 11 is 0. The molecule has 11 nitrogen and oxygen atoms in total. The first kappa shape index (κ1) is 24.7. The van der Waals surface area contributed by atoms with Gasteiger partial charge in [-0.25, -0.2) is 4.98 Å². The van der Waals surface area contributed by atoms with E-state index in [0.717, 1.165) is 0 Å². The molecular formula is C23H28N6O5. The topological polar surface area (TPSA) is 159 Å². The molecule has 0 saturated carbocycles. The van der Waals surface area contributed by atoms with Crippen LogP contribution in [0.4, 0.5) is 0 Å². The normalized spacial score (nSPS) is 16.4. The third-order valence-electron chi connectivity index (χ3n) is 5.14. The summed E-state index contributed by atoms with van der Waals surface area (Å²) in [6, 6.07) is 5.83. The van der Waals surface area contributed by atoms with Gasteiger partial charge >= 0.3 is 0 Å². The summed E-state index contributed by atoms with van der Waals surface area (Å²) in [6.45, 7) is 5.19. The third kappa shape index (κ3) is 6.56. The van der Waals surface area contributed by atoms with E-state index < -0.39 is 47.5 Å². The van der Waals surface area contributed by atoms with Gasteiger partial charge < -0.3 is 21.3 Å². The van der Waals surface area contributed by atoms with Crippen LogP contribution in [0.15, 0.2) is 30.5 Å². The molecule has 1 aliphatic rings. The smallest absolute Gasteiger partial charge is 0.290 e. The maximum atomic E-state index is 12.8. The van der Waals surface area contributed by atoms with Crippen molar-refractivity contribution in [2.75, 3.05) is 13.1 Å². The number of hydrogen-bond acceptors (Lipinski definition) is 7. The van der Waals surface area contributed by atoms with Crippen LogP contribution in [-0.2, 0) is 19.2 Å². The monoisotopic (exact) mass is 468 g/mol. The SMILES string of the molecule is CC(C)(C)NC(=O)C(=O)C(CC1CCNC1=O)NC(=O)CNC(=O)c1cnc2ccccc2n1.